The minimum absolute atomic E-state index is 0.138. The first kappa shape index (κ1) is 23.4. The summed E-state index contributed by atoms with van der Waals surface area (Å²) in [7, 11) is -3.67. The molecular weight excluding hydrogens is 412 g/mol. The zero-order valence-electron chi connectivity index (χ0n) is 18.7. The molecule has 1 heterocycles. The molecule has 0 spiro atoms. The summed E-state index contributed by atoms with van der Waals surface area (Å²) in [6, 6.07) is 12.9. The van der Waals surface area contributed by atoms with Gasteiger partial charge in [-0.2, -0.15) is 4.31 Å². The van der Waals surface area contributed by atoms with E-state index in [4.69, 9.17) is 4.74 Å². The first-order chi connectivity index (χ1) is 14.7. The van der Waals surface area contributed by atoms with Crippen LogP contribution in [0.25, 0.3) is 0 Å². The number of nitrogens with zero attached hydrogens (tertiary/aromatic N) is 1. The van der Waals surface area contributed by atoms with Crippen molar-refractivity contribution in [1.29, 1.82) is 0 Å². The van der Waals surface area contributed by atoms with Crippen molar-refractivity contribution in [1.82, 2.24) is 9.62 Å². The van der Waals surface area contributed by atoms with Gasteiger partial charge in [-0.25, -0.2) is 8.42 Å². The molecule has 2 aromatic carbocycles. The predicted molar refractivity (Wildman–Crippen MR) is 122 cm³/mol. The van der Waals surface area contributed by atoms with Gasteiger partial charge in [-0.1, -0.05) is 51.1 Å². The van der Waals surface area contributed by atoms with Crippen molar-refractivity contribution in [3.63, 3.8) is 0 Å². The van der Waals surface area contributed by atoms with Crippen LogP contribution >= 0.6 is 0 Å². The van der Waals surface area contributed by atoms with Gasteiger partial charge in [0.15, 0.2) is 0 Å². The van der Waals surface area contributed by atoms with E-state index in [0.717, 1.165) is 17.5 Å². The number of sulfonamides is 1. The average molecular weight is 445 g/mol. The summed E-state index contributed by atoms with van der Waals surface area (Å²) < 4.78 is 32.7. The topological polar surface area (TPSA) is 75.7 Å². The second-order valence-electron chi connectivity index (χ2n) is 8.28. The van der Waals surface area contributed by atoms with Gasteiger partial charge in [0.1, 0.15) is 0 Å². The van der Waals surface area contributed by atoms with Gasteiger partial charge >= 0.3 is 0 Å². The Labute approximate surface area is 185 Å². The number of carbonyl (C=O) groups is 1. The van der Waals surface area contributed by atoms with Gasteiger partial charge in [-0.15, -0.1) is 0 Å². The normalized spacial score (nSPS) is 16.3. The summed E-state index contributed by atoms with van der Waals surface area (Å²) in [4.78, 5) is 13.3. The molecule has 0 saturated carbocycles. The number of ether oxygens (including phenoxy) is 1. The number of hydrogen-bond acceptors (Lipinski definition) is 4. The van der Waals surface area contributed by atoms with Gasteiger partial charge in [0.05, 0.1) is 24.2 Å². The first-order valence-corrected chi connectivity index (χ1v) is 12.3. The quantitative estimate of drug-likeness (QED) is 0.706. The molecule has 1 aliphatic rings. The Morgan fingerprint density at radius 3 is 2.32 bits per heavy atom. The summed E-state index contributed by atoms with van der Waals surface area (Å²) in [6.07, 6.45) is 0.961. The van der Waals surface area contributed by atoms with E-state index in [2.05, 4.69) is 50.4 Å². The lowest BCUT2D eigenvalue weighted by molar-refractivity contribution is 0.0730. The van der Waals surface area contributed by atoms with Gasteiger partial charge in [0.2, 0.25) is 10.0 Å². The fourth-order valence-corrected chi connectivity index (χ4v) is 5.19. The van der Waals surface area contributed by atoms with Crippen molar-refractivity contribution >= 4 is 15.9 Å². The van der Waals surface area contributed by atoms with Crippen LogP contribution in [0.15, 0.2) is 47.4 Å². The molecule has 1 N–H and O–H groups in total. The minimum Gasteiger partial charge on any atom is -0.379 e. The Morgan fingerprint density at radius 1 is 1.10 bits per heavy atom. The van der Waals surface area contributed by atoms with Crippen LogP contribution in [0, 0.1) is 12.8 Å². The molecule has 6 nitrogen and oxygen atoms in total. The zero-order valence-corrected chi connectivity index (χ0v) is 19.5. The molecular formula is C24H32N2O4S. The first-order valence-electron chi connectivity index (χ1n) is 10.8. The highest BCUT2D eigenvalue weighted by atomic mass is 32.2. The van der Waals surface area contributed by atoms with Crippen molar-refractivity contribution in [2.45, 2.75) is 45.1 Å². The van der Waals surface area contributed by atoms with Crippen molar-refractivity contribution in [3.05, 3.63) is 64.7 Å². The lowest BCUT2D eigenvalue weighted by Crippen LogP contribution is -2.40. The fraction of sp³-hybridized carbons (Fsp3) is 0.458. The third-order valence-electron chi connectivity index (χ3n) is 5.76. The maximum Gasteiger partial charge on any atom is 0.252 e. The maximum atomic E-state index is 13.2. The molecule has 31 heavy (non-hydrogen) atoms. The van der Waals surface area contributed by atoms with E-state index < -0.39 is 10.0 Å². The van der Waals surface area contributed by atoms with Crippen molar-refractivity contribution in [2.75, 3.05) is 26.3 Å². The van der Waals surface area contributed by atoms with Gasteiger partial charge in [-0.3, -0.25) is 4.79 Å². The molecule has 0 bridgehead atoms. The molecule has 1 aliphatic heterocycles. The molecule has 168 valence electrons. The van der Waals surface area contributed by atoms with Gasteiger partial charge in [0, 0.05) is 18.7 Å². The number of nitrogens with one attached hydrogen (secondary N) is 1. The average Bonchev–Trinajstić information content (AvgIpc) is 2.78. The maximum absolute atomic E-state index is 13.2. The van der Waals surface area contributed by atoms with Crippen LogP contribution < -0.4 is 5.32 Å². The highest BCUT2D eigenvalue weighted by Crippen LogP contribution is 2.25. The Morgan fingerprint density at radius 2 is 1.74 bits per heavy atom. The van der Waals surface area contributed by atoms with Crippen LogP contribution in [0.2, 0.25) is 0 Å². The Bertz CT molecular complexity index is 1010. The third kappa shape index (κ3) is 5.34. The molecule has 0 radical (unpaired) electrons. The van der Waals surface area contributed by atoms with E-state index in [1.165, 1.54) is 15.9 Å². The van der Waals surface area contributed by atoms with Gasteiger partial charge in [-0.05, 0) is 48.1 Å². The van der Waals surface area contributed by atoms with Crippen molar-refractivity contribution in [3.8, 4) is 0 Å². The smallest absolute Gasteiger partial charge is 0.252 e. The summed E-state index contributed by atoms with van der Waals surface area (Å²) >= 11 is 0. The number of carbonyl (C=O) groups excluding carboxylic acids is 1. The highest BCUT2D eigenvalue weighted by Gasteiger charge is 2.28. The van der Waals surface area contributed by atoms with E-state index in [-0.39, 0.29) is 22.8 Å². The number of benzene rings is 2. The SMILES string of the molecule is CCc1ccc(C(NC(=O)c2cc(S(=O)(=O)N3CCOCC3)ccc2C)C(C)C)cc1. The van der Waals surface area contributed by atoms with Crippen LogP contribution in [0.3, 0.4) is 0 Å². The highest BCUT2D eigenvalue weighted by molar-refractivity contribution is 7.89. The molecule has 1 fully saturated rings. The molecule has 1 atom stereocenters. The monoisotopic (exact) mass is 444 g/mol. The molecule has 0 aromatic heterocycles. The number of amides is 1. The summed E-state index contributed by atoms with van der Waals surface area (Å²) in [5, 5.41) is 3.12. The van der Waals surface area contributed by atoms with E-state index in [0.29, 0.717) is 31.9 Å². The predicted octanol–water partition coefficient (Wildman–Crippen LogP) is 3.71. The van der Waals surface area contributed by atoms with Crippen LogP contribution in [0.5, 0.6) is 0 Å². The van der Waals surface area contributed by atoms with E-state index in [9.17, 15) is 13.2 Å². The number of morpholine rings is 1. The Kier molecular flexibility index (Phi) is 7.51. The Hall–Kier alpha value is -2.22. The molecule has 1 saturated heterocycles. The zero-order chi connectivity index (χ0) is 22.6. The van der Waals surface area contributed by atoms with Crippen LogP contribution in [0.4, 0.5) is 0 Å². The molecule has 3 rings (SSSR count). The fourth-order valence-electron chi connectivity index (χ4n) is 3.76. The van der Waals surface area contributed by atoms with Gasteiger partial charge < -0.3 is 10.1 Å². The second kappa shape index (κ2) is 9.94. The van der Waals surface area contributed by atoms with E-state index >= 15 is 0 Å². The molecule has 2 aromatic rings. The molecule has 0 aliphatic carbocycles. The summed E-state index contributed by atoms with van der Waals surface area (Å²) in [6.45, 7) is 9.45. The summed E-state index contributed by atoms with van der Waals surface area (Å²) in [5.74, 6) is -0.0909. The lowest BCUT2D eigenvalue weighted by atomic mass is 9.94. The lowest BCUT2D eigenvalue weighted by Gasteiger charge is -2.26. The number of rotatable bonds is 7. The van der Waals surface area contributed by atoms with Crippen molar-refractivity contribution in [2.24, 2.45) is 5.92 Å². The largest absolute Gasteiger partial charge is 0.379 e. The van der Waals surface area contributed by atoms with Crippen molar-refractivity contribution < 1.29 is 17.9 Å². The third-order valence-corrected chi connectivity index (χ3v) is 7.66. The van der Waals surface area contributed by atoms with Crippen LogP contribution in [0.1, 0.15) is 53.9 Å². The molecule has 1 unspecified atom stereocenters. The molecule has 7 heteroatoms. The Balaban J connectivity index is 1.86. The second-order valence-corrected chi connectivity index (χ2v) is 10.2. The number of aryl methyl sites for hydroxylation is 2. The minimum atomic E-state index is -3.67. The molecule has 1 amide bonds. The van der Waals surface area contributed by atoms with E-state index in [1.54, 1.807) is 12.1 Å². The van der Waals surface area contributed by atoms with Gasteiger partial charge in [0.25, 0.3) is 5.91 Å². The number of hydrogen-bond donors (Lipinski definition) is 1. The summed E-state index contributed by atoms with van der Waals surface area (Å²) in [5.41, 5.74) is 3.40. The van der Waals surface area contributed by atoms with E-state index in [1.807, 2.05) is 6.92 Å². The van der Waals surface area contributed by atoms with Crippen LogP contribution in [-0.2, 0) is 21.2 Å². The van der Waals surface area contributed by atoms with Crippen LogP contribution in [-0.4, -0.2) is 44.9 Å². The standard InChI is InChI=1S/C24H32N2O4S/c1-5-19-7-9-20(10-8-19)23(17(2)3)25-24(27)22-16-21(11-6-18(22)4)31(28,29)26-12-14-30-15-13-26/h6-11,16-17,23H,5,12-15H2,1-4H3,(H,25,27).